The number of carbonyl (C=O) groups excluding carboxylic acids is 1. The standard InChI is InChI=1S/C17H26F3N5O4S2/c1-13-12-30-15(21-13)16(27,17(18,19)20)11-14(26)23-5-9-25(10-6-23)31(28,29)24-7-3-22(2)4-8-24/h12,27H,3-11H2,1-2H3. The number of hydrogen-bond acceptors (Lipinski definition) is 7. The highest BCUT2D eigenvalue weighted by atomic mass is 32.2. The Labute approximate surface area is 183 Å². The Balaban J connectivity index is 1.64. The van der Waals surface area contributed by atoms with E-state index in [4.69, 9.17) is 0 Å². The lowest BCUT2D eigenvalue weighted by Gasteiger charge is -2.39. The number of halogens is 3. The predicted octanol–water partition coefficient (Wildman–Crippen LogP) is 0.228. The molecule has 3 heterocycles. The van der Waals surface area contributed by atoms with Gasteiger partial charge in [0, 0.05) is 63.4 Å². The Morgan fingerprint density at radius 2 is 1.61 bits per heavy atom. The summed E-state index contributed by atoms with van der Waals surface area (Å²) in [6.45, 7) is 3.34. The summed E-state index contributed by atoms with van der Waals surface area (Å²) in [5, 5.41) is 11.2. The molecule has 1 N–H and O–H groups in total. The predicted molar refractivity (Wildman–Crippen MR) is 108 cm³/mol. The highest BCUT2D eigenvalue weighted by Crippen LogP contribution is 2.43. The molecule has 0 radical (unpaired) electrons. The van der Waals surface area contributed by atoms with Crippen molar-refractivity contribution in [2.24, 2.45) is 0 Å². The molecule has 0 aliphatic carbocycles. The average molecular weight is 486 g/mol. The van der Waals surface area contributed by atoms with Gasteiger partial charge in [-0.3, -0.25) is 4.79 Å². The number of alkyl halides is 3. The van der Waals surface area contributed by atoms with Gasteiger partial charge >= 0.3 is 6.18 Å². The third-order valence-corrected chi connectivity index (χ3v) is 8.70. The number of aliphatic hydroxyl groups is 1. The van der Waals surface area contributed by atoms with Gasteiger partial charge in [-0.25, -0.2) is 4.98 Å². The highest BCUT2D eigenvalue weighted by molar-refractivity contribution is 7.86. The van der Waals surface area contributed by atoms with Gasteiger partial charge < -0.3 is 14.9 Å². The molecule has 1 atom stereocenters. The number of hydrogen-bond donors (Lipinski definition) is 1. The van der Waals surface area contributed by atoms with Crippen LogP contribution in [0.5, 0.6) is 0 Å². The van der Waals surface area contributed by atoms with E-state index in [2.05, 4.69) is 4.98 Å². The quantitative estimate of drug-likeness (QED) is 0.641. The smallest absolute Gasteiger partial charge is 0.374 e. The molecule has 1 aromatic heterocycles. The second-order valence-electron chi connectivity index (χ2n) is 7.82. The number of aromatic nitrogens is 1. The molecule has 1 unspecified atom stereocenters. The van der Waals surface area contributed by atoms with Crippen LogP contribution in [0.15, 0.2) is 5.38 Å². The van der Waals surface area contributed by atoms with Gasteiger partial charge in [0.25, 0.3) is 10.2 Å². The van der Waals surface area contributed by atoms with E-state index in [1.165, 1.54) is 20.9 Å². The zero-order valence-electron chi connectivity index (χ0n) is 17.3. The second-order valence-corrected chi connectivity index (χ2v) is 10.6. The third kappa shape index (κ3) is 5.03. The van der Waals surface area contributed by atoms with Crippen molar-refractivity contribution in [1.82, 2.24) is 23.4 Å². The van der Waals surface area contributed by atoms with Gasteiger partial charge in [0.15, 0.2) is 0 Å². The van der Waals surface area contributed by atoms with E-state index in [-0.39, 0.29) is 26.2 Å². The maximum atomic E-state index is 13.6. The summed E-state index contributed by atoms with van der Waals surface area (Å²) in [4.78, 5) is 19.5. The van der Waals surface area contributed by atoms with E-state index in [0.717, 1.165) is 4.90 Å². The van der Waals surface area contributed by atoms with Crippen LogP contribution in [0.25, 0.3) is 0 Å². The number of likely N-dealkylation sites (N-methyl/N-ethyl adjacent to an activating group) is 1. The summed E-state index contributed by atoms with van der Waals surface area (Å²) in [5.74, 6) is -0.899. The lowest BCUT2D eigenvalue weighted by Crippen LogP contribution is -2.57. The first-order chi connectivity index (χ1) is 14.3. The molecule has 1 amide bonds. The van der Waals surface area contributed by atoms with Crippen LogP contribution in [0.4, 0.5) is 13.2 Å². The van der Waals surface area contributed by atoms with Crippen molar-refractivity contribution < 1.29 is 31.5 Å². The van der Waals surface area contributed by atoms with Crippen molar-refractivity contribution in [3.63, 3.8) is 0 Å². The summed E-state index contributed by atoms with van der Waals surface area (Å²) in [6, 6.07) is 0. The molecule has 0 aromatic carbocycles. The Bertz CT molecular complexity index is 894. The van der Waals surface area contributed by atoms with Crippen LogP contribution in [0.3, 0.4) is 0 Å². The van der Waals surface area contributed by atoms with Crippen molar-refractivity contribution in [1.29, 1.82) is 0 Å². The van der Waals surface area contributed by atoms with Crippen molar-refractivity contribution in [2.75, 3.05) is 59.4 Å². The molecule has 176 valence electrons. The van der Waals surface area contributed by atoms with Crippen molar-refractivity contribution in [2.45, 2.75) is 25.1 Å². The first-order valence-electron chi connectivity index (χ1n) is 9.78. The molecule has 0 saturated carbocycles. The number of nitrogens with zero attached hydrogens (tertiary/aromatic N) is 5. The Morgan fingerprint density at radius 1 is 1.10 bits per heavy atom. The Kier molecular flexibility index (Phi) is 6.99. The number of aryl methyl sites for hydroxylation is 1. The summed E-state index contributed by atoms with van der Waals surface area (Å²) in [5.41, 5.74) is -3.07. The van der Waals surface area contributed by atoms with Gasteiger partial charge in [-0.15, -0.1) is 11.3 Å². The van der Waals surface area contributed by atoms with E-state index >= 15 is 0 Å². The number of carbonyl (C=O) groups is 1. The zero-order chi connectivity index (χ0) is 23.0. The fourth-order valence-corrected chi connectivity index (χ4v) is 6.01. The summed E-state index contributed by atoms with van der Waals surface area (Å²) < 4.78 is 69.1. The summed E-state index contributed by atoms with van der Waals surface area (Å²) >= 11 is 0.643. The minimum absolute atomic E-state index is 0.0127. The largest absolute Gasteiger partial charge is 0.424 e. The van der Waals surface area contributed by atoms with E-state index in [1.54, 1.807) is 0 Å². The van der Waals surface area contributed by atoms with Crippen LogP contribution in [0.1, 0.15) is 17.1 Å². The molecule has 2 aliphatic heterocycles. The van der Waals surface area contributed by atoms with Crippen LogP contribution >= 0.6 is 11.3 Å². The molecule has 0 bridgehead atoms. The average Bonchev–Trinajstić information content (AvgIpc) is 3.14. The van der Waals surface area contributed by atoms with Crippen LogP contribution in [-0.4, -0.2) is 108 Å². The number of rotatable bonds is 5. The van der Waals surface area contributed by atoms with Gasteiger partial charge in [-0.05, 0) is 14.0 Å². The molecule has 0 spiro atoms. The maximum Gasteiger partial charge on any atom is 0.424 e. The molecule has 2 saturated heterocycles. The van der Waals surface area contributed by atoms with E-state index < -0.39 is 39.3 Å². The first kappa shape index (κ1) is 24.3. The SMILES string of the molecule is Cc1csc(C(O)(CC(=O)N2CCN(S(=O)(=O)N3CCN(C)CC3)CC2)C(F)(F)F)n1. The third-order valence-electron chi connectivity index (χ3n) is 5.55. The lowest BCUT2D eigenvalue weighted by atomic mass is 9.98. The van der Waals surface area contributed by atoms with Gasteiger partial charge in [0.2, 0.25) is 11.5 Å². The molecule has 2 fully saturated rings. The lowest BCUT2D eigenvalue weighted by molar-refractivity contribution is -0.268. The van der Waals surface area contributed by atoms with Gasteiger partial charge in [0.1, 0.15) is 5.01 Å². The van der Waals surface area contributed by atoms with E-state index in [1.807, 2.05) is 11.9 Å². The summed E-state index contributed by atoms with van der Waals surface area (Å²) in [6.07, 6.45) is -6.28. The zero-order valence-corrected chi connectivity index (χ0v) is 18.9. The molecule has 1 aromatic rings. The first-order valence-corrected chi connectivity index (χ1v) is 12.1. The fraction of sp³-hybridized carbons (Fsp3) is 0.765. The number of amides is 1. The monoisotopic (exact) mass is 485 g/mol. The number of piperazine rings is 2. The number of thiazole rings is 1. The highest BCUT2D eigenvalue weighted by Gasteiger charge is 2.58. The van der Waals surface area contributed by atoms with Gasteiger partial charge in [-0.2, -0.15) is 30.2 Å². The molecule has 9 nitrogen and oxygen atoms in total. The van der Waals surface area contributed by atoms with Crippen molar-refractivity contribution >= 4 is 27.5 Å². The summed E-state index contributed by atoms with van der Waals surface area (Å²) in [7, 11) is -1.79. The van der Waals surface area contributed by atoms with Crippen molar-refractivity contribution in [3.05, 3.63) is 16.1 Å². The molecule has 31 heavy (non-hydrogen) atoms. The van der Waals surface area contributed by atoms with Gasteiger partial charge in [-0.1, -0.05) is 0 Å². The second kappa shape index (κ2) is 8.90. The van der Waals surface area contributed by atoms with Crippen LogP contribution in [-0.2, 0) is 20.6 Å². The fourth-order valence-electron chi connectivity index (χ4n) is 3.52. The Hall–Kier alpha value is -1.32. The molecule has 14 heteroatoms. The molecule has 3 rings (SSSR count). The maximum absolute atomic E-state index is 13.6. The van der Waals surface area contributed by atoms with Crippen LogP contribution < -0.4 is 0 Å². The molecular formula is C17H26F3N5O4S2. The molecular weight excluding hydrogens is 459 g/mol. The normalized spacial score (nSPS) is 22.5. The minimum Gasteiger partial charge on any atom is -0.374 e. The Morgan fingerprint density at radius 3 is 2.06 bits per heavy atom. The van der Waals surface area contributed by atoms with Crippen LogP contribution in [0, 0.1) is 6.92 Å². The van der Waals surface area contributed by atoms with Gasteiger partial charge in [0.05, 0.1) is 6.42 Å². The van der Waals surface area contributed by atoms with Crippen molar-refractivity contribution in [3.8, 4) is 0 Å². The molecule has 2 aliphatic rings. The minimum atomic E-state index is -5.08. The van der Waals surface area contributed by atoms with E-state index in [0.29, 0.717) is 43.2 Å². The topological polar surface area (TPSA) is 97.3 Å². The van der Waals surface area contributed by atoms with Crippen LogP contribution in [0.2, 0.25) is 0 Å². The van der Waals surface area contributed by atoms with E-state index in [9.17, 15) is 31.5 Å².